The number of sulfonamides is 1. The zero-order chi connectivity index (χ0) is 17.5. The molecule has 1 atom stereocenters. The molecular weight excluding hydrogens is 332 g/mol. The van der Waals surface area contributed by atoms with Gasteiger partial charge >= 0.3 is 5.97 Å². The highest BCUT2D eigenvalue weighted by Crippen LogP contribution is 2.37. The van der Waals surface area contributed by atoms with Crippen LogP contribution in [0.4, 0.5) is 5.69 Å². The van der Waals surface area contributed by atoms with E-state index in [2.05, 4.69) is 4.98 Å². The Morgan fingerprint density at radius 3 is 2.79 bits per heavy atom. The van der Waals surface area contributed by atoms with E-state index in [1.807, 2.05) is 6.92 Å². The predicted octanol–water partition coefficient (Wildman–Crippen LogP) is 2.06. The number of carboxylic acid groups (broad SMARTS) is 1. The van der Waals surface area contributed by atoms with Gasteiger partial charge in [0, 0.05) is 6.20 Å². The van der Waals surface area contributed by atoms with E-state index in [4.69, 9.17) is 9.84 Å². The summed E-state index contributed by atoms with van der Waals surface area (Å²) in [6, 6.07) is 7.55. The molecule has 0 radical (unpaired) electrons. The highest BCUT2D eigenvalue weighted by atomic mass is 32.2. The fourth-order valence-electron chi connectivity index (χ4n) is 2.53. The summed E-state index contributed by atoms with van der Waals surface area (Å²) >= 11 is 0. The maximum atomic E-state index is 13.0. The van der Waals surface area contributed by atoms with E-state index in [0.29, 0.717) is 11.4 Å². The molecule has 0 bridgehead atoms. The SMILES string of the molecule is Cc1ccc2c(c1)OC(C)CN2S(=O)(=O)c1cc(C(=O)O)ccn1. The van der Waals surface area contributed by atoms with Crippen molar-refractivity contribution in [2.45, 2.75) is 25.0 Å². The Morgan fingerprint density at radius 1 is 1.33 bits per heavy atom. The third-order valence-electron chi connectivity index (χ3n) is 3.67. The number of ether oxygens (including phenoxy) is 1. The van der Waals surface area contributed by atoms with Crippen LogP contribution < -0.4 is 9.04 Å². The summed E-state index contributed by atoms with van der Waals surface area (Å²) in [5.74, 6) is -0.730. The summed E-state index contributed by atoms with van der Waals surface area (Å²) < 4.78 is 32.9. The van der Waals surface area contributed by atoms with Gasteiger partial charge in [0.25, 0.3) is 10.0 Å². The average Bonchev–Trinajstić information content (AvgIpc) is 2.53. The summed E-state index contributed by atoms with van der Waals surface area (Å²) in [6.07, 6.45) is 0.840. The molecule has 1 N–H and O–H groups in total. The number of anilines is 1. The number of rotatable bonds is 3. The van der Waals surface area contributed by atoms with E-state index in [9.17, 15) is 13.2 Å². The van der Waals surface area contributed by atoms with Gasteiger partial charge in [-0.1, -0.05) is 6.07 Å². The lowest BCUT2D eigenvalue weighted by atomic mass is 10.2. The van der Waals surface area contributed by atoms with Crippen molar-refractivity contribution in [2.75, 3.05) is 10.8 Å². The van der Waals surface area contributed by atoms with Crippen molar-refractivity contribution in [3.63, 3.8) is 0 Å². The number of hydrogen-bond acceptors (Lipinski definition) is 5. The van der Waals surface area contributed by atoms with Gasteiger partial charge in [-0.25, -0.2) is 9.78 Å². The van der Waals surface area contributed by atoms with Crippen LogP contribution in [0.2, 0.25) is 0 Å². The number of pyridine rings is 1. The zero-order valence-corrected chi connectivity index (χ0v) is 13.9. The van der Waals surface area contributed by atoms with Crippen LogP contribution in [0.1, 0.15) is 22.8 Å². The fourth-order valence-corrected chi connectivity index (χ4v) is 4.04. The molecule has 1 aromatic heterocycles. The molecule has 3 rings (SSSR count). The maximum Gasteiger partial charge on any atom is 0.335 e. The van der Waals surface area contributed by atoms with Crippen LogP contribution in [0.5, 0.6) is 5.75 Å². The quantitative estimate of drug-likeness (QED) is 0.912. The summed E-state index contributed by atoms with van der Waals surface area (Å²) in [6.45, 7) is 3.78. The van der Waals surface area contributed by atoms with E-state index in [1.165, 1.54) is 16.6 Å². The second-order valence-electron chi connectivity index (χ2n) is 5.62. The summed E-state index contributed by atoms with van der Waals surface area (Å²) in [4.78, 5) is 14.9. The molecular formula is C16H16N2O5S. The molecule has 24 heavy (non-hydrogen) atoms. The lowest BCUT2D eigenvalue weighted by Gasteiger charge is -2.34. The Bertz CT molecular complexity index is 910. The van der Waals surface area contributed by atoms with E-state index in [0.717, 1.165) is 11.6 Å². The molecule has 0 fully saturated rings. The molecule has 2 heterocycles. The van der Waals surface area contributed by atoms with Crippen LogP contribution in [0, 0.1) is 6.92 Å². The summed E-state index contributed by atoms with van der Waals surface area (Å²) in [5.41, 5.74) is 1.24. The highest BCUT2D eigenvalue weighted by molar-refractivity contribution is 7.92. The lowest BCUT2D eigenvalue weighted by molar-refractivity contribution is 0.0696. The molecule has 126 valence electrons. The Hall–Kier alpha value is -2.61. The minimum Gasteiger partial charge on any atom is -0.487 e. The molecule has 0 saturated heterocycles. The molecule has 1 aromatic carbocycles. The van der Waals surface area contributed by atoms with Crippen LogP contribution in [-0.2, 0) is 10.0 Å². The van der Waals surface area contributed by atoms with Crippen molar-refractivity contribution < 1.29 is 23.1 Å². The van der Waals surface area contributed by atoms with Crippen molar-refractivity contribution in [1.29, 1.82) is 0 Å². The Kier molecular flexibility index (Phi) is 3.92. The smallest absolute Gasteiger partial charge is 0.335 e. The predicted molar refractivity (Wildman–Crippen MR) is 87.0 cm³/mol. The lowest BCUT2D eigenvalue weighted by Crippen LogP contribution is -2.42. The number of fused-ring (bicyclic) bond motifs is 1. The molecule has 2 aromatic rings. The molecule has 7 nitrogen and oxygen atoms in total. The van der Waals surface area contributed by atoms with Gasteiger partial charge in [0.15, 0.2) is 5.03 Å². The molecule has 0 spiro atoms. The number of aromatic nitrogens is 1. The van der Waals surface area contributed by atoms with Gasteiger partial charge in [-0.2, -0.15) is 8.42 Å². The number of nitrogens with zero attached hydrogens (tertiary/aromatic N) is 2. The van der Waals surface area contributed by atoms with Crippen molar-refractivity contribution in [1.82, 2.24) is 4.98 Å². The van der Waals surface area contributed by atoms with Gasteiger partial charge < -0.3 is 9.84 Å². The topological polar surface area (TPSA) is 96.8 Å². The molecule has 1 unspecified atom stereocenters. The normalized spacial score (nSPS) is 17.1. The third-order valence-corrected chi connectivity index (χ3v) is 5.35. The van der Waals surface area contributed by atoms with Crippen LogP contribution in [0.15, 0.2) is 41.6 Å². The first kappa shape index (κ1) is 16.3. The number of benzene rings is 1. The van der Waals surface area contributed by atoms with Crippen molar-refractivity contribution >= 4 is 21.7 Å². The second kappa shape index (κ2) is 5.79. The minimum atomic E-state index is -4.00. The molecule has 0 saturated carbocycles. The first-order valence-corrected chi connectivity index (χ1v) is 8.72. The van der Waals surface area contributed by atoms with Gasteiger partial charge in [-0.15, -0.1) is 0 Å². The maximum absolute atomic E-state index is 13.0. The molecule has 1 aliphatic heterocycles. The summed E-state index contributed by atoms with van der Waals surface area (Å²) in [5, 5.41) is 8.76. The number of carboxylic acids is 1. The zero-order valence-electron chi connectivity index (χ0n) is 13.1. The molecule has 8 heteroatoms. The van der Waals surface area contributed by atoms with Gasteiger partial charge in [0.2, 0.25) is 0 Å². The third kappa shape index (κ3) is 2.80. The highest BCUT2D eigenvalue weighted by Gasteiger charge is 2.34. The monoisotopic (exact) mass is 348 g/mol. The first-order chi connectivity index (χ1) is 11.3. The number of aryl methyl sites for hydroxylation is 1. The van der Waals surface area contributed by atoms with Crippen LogP contribution in [0.3, 0.4) is 0 Å². The van der Waals surface area contributed by atoms with Crippen LogP contribution >= 0.6 is 0 Å². The Balaban J connectivity index is 2.11. The minimum absolute atomic E-state index is 0.122. The van der Waals surface area contributed by atoms with Crippen LogP contribution in [-0.4, -0.2) is 37.1 Å². The van der Waals surface area contributed by atoms with Crippen molar-refractivity contribution in [3.8, 4) is 5.75 Å². The standard InChI is InChI=1S/C16H16N2O5S/c1-10-3-4-13-14(7-10)23-11(2)9-18(13)24(21,22)15-8-12(16(19)20)5-6-17-15/h3-8,11H,9H2,1-2H3,(H,19,20). The van der Waals surface area contributed by atoms with Gasteiger partial charge in [0.05, 0.1) is 17.8 Å². The first-order valence-electron chi connectivity index (χ1n) is 7.28. The van der Waals surface area contributed by atoms with Gasteiger partial charge in [-0.3, -0.25) is 4.31 Å². The number of aromatic carboxylic acids is 1. The van der Waals surface area contributed by atoms with Crippen LogP contribution in [0.25, 0.3) is 0 Å². The van der Waals surface area contributed by atoms with E-state index in [1.54, 1.807) is 25.1 Å². The van der Waals surface area contributed by atoms with E-state index in [-0.39, 0.29) is 23.2 Å². The van der Waals surface area contributed by atoms with E-state index < -0.39 is 16.0 Å². The van der Waals surface area contributed by atoms with Gasteiger partial charge in [-0.05, 0) is 43.7 Å². The number of carbonyl (C=O) groups is 1. The second-order valence-corrected chi connectivity index (χ2v) is 7.43. The van der Waals surface area contributed by atoms with E-state index >= 15 is 0 Å². The largest absolute Gasteiger partial charge is 0.487 e. The van der Waals surface area contributed by atoms with Crippen molar-refractivity contribution in [3.05, 3.63) is 47.7 Å². The van der Waals surface area contributed by atoms with Crippen molar-refractivity contribution in [2.24, 2.45) is 0 Å². The fraction of sp³-hybridized carbons (Fsp3) is 0.250. The average molecular weight is 348 g/mol. The Labute approximate surface area is 139 Å². The molecule has 1 aliphatic rings. The summed E-state index contributed by atoms with van der Waals surface area (Å²) in [7, 11) is -4.00. The Morgan fingerprint density at radius 2 is 2.08 bits per heavy atom. The molecule has 0 aliphatic carbocycles. The van der Waals surface area contributed by atoms with Gasteiger partial charge in [0.1, 0.15) is 11.9 Å². The molecule has 0 amide bonds. The number of hydrogen-bond donors (Lipinski definition) is 1.